The highest BCUT2D eigenvalue weighted by molar-refractivity contribution is 7.91. The Morgan fingerprint density at radius 1 is 1.25 bits per heavy atom. The van der Waals surface area contributed by atoms with Crippen LogP contribution in [-0.4, -0.2) is 19.9 Å². The second-order valence-corrected chi connectivity index (χ2v) is 7.35. The molecule has 0 aromatic carbocycles. The zero-order chi connectivity index (χ0) is 14.4. The maximum absolute atomic E-state index is 12.2. The van der Waals surface area contributed by atoms with E-state index in [1.54, 1.807) is 24.5 Å². The van der Waals surface area contributed by atoms with Crippen LogP contribution in [0.25, 0.3) is 0 Å². The second-order valence-electron chi connectivity index (χ2n) is 4.19. The molecule has 20 heavy (non-hydrogen) atoms. The highest BCUT2D eigenvalue weighted by Crippen LogP contribution is 2.21. The fraction of sp³-hybridized carbons (Fsp3) is 0.308. The number of hydrogen-bond donors (Lipinski definition) is 2. The Kier molecular flexibility index (Phi) is 5.24. The summed E-state index contributed by atoms with van der Waals surface area (Å²) in [5.74, 6) is 0. The van der Waals surface area contributed by atoms with Crippen molar-refractivity contribution in [2.24, 2.45) is 0 Å². The van der Waals surface area contributed by atoms with Gasteiger partial charge in [-0.2, -0.15) is 0 Å². The van der Waals surface area contributed by atoms with Crippen LogP contribution >= 0.6 is 11.3 Å². The first-order valence-corrected chi connectivity index (χ1v) is 8.60. The van der Waals surface area contributed by atoms with E-state index in [0.29, 0.717) is 10.8 Å². The van der Waals surface area contributed by atoms with E-state index in [9.17, 15) is 8.42 Å². The van der Waals surface area contributed by atoms with Crippen LogP contribution in [0.3, 0.4) is 0 Å². The molecule has 0 amide bonds. The van der Waals surface area contributed by atoms with Crippen molar-refractivity contribution >= 4 is 21.4 Å². The van der Waals surface area contributed by atoms with Crippen molar-refractivity contribution in [3.63, 3.8) is 0 Å². The summed E-state index contributed by atoms with van der Waals surface area (Å²) in [6.45, 7) is 3.82. The molecule has 2 rings (SSSR count). The van der Waals surface area contributed by atoms with Gasteiger partial charge in [-0.25, -0.2) is 13.1 Å². The summed E-state index contributed by atoms with van der Waals surface area (Å²) in [5.41, 5.74) is 0.834. The molecule has 0 aliphatic carbocycles. The third kappa shape index (κ3) is 4.11. The summed E-state index contributed by atoms with van der Waals surface area (Å²) >= 11 is 1.29. The van der Waals surface area contributed by atoms with Crippen LogP contribution in [-0.2, 0) is 23.1 Å². The van der Waals surface area contributed by atoms with Gasteiger partial charge in [-0.15, -0.1) is 11.3 Å². The lowest BCUT2D eigenvalue weighted by molar-refractivity contribution is 0.583. The molecular weight excluding hydrogens is 294 g/mol. The van der Waals surface area contributed by atoms with Gasteiger partial charge in [0.15, 0.2) is 0 Å². The quantitative estimate of drug-likeness (QED) is 0.817. The molecule has 0 unspecified atom stereocenters. The summed E-state index contributed by atoms with van der Waals surface area (Å²) in [6.07, 6.45) is 3.30. The lowest BCUT2D eigenvalue weighted by Gasteiger charge is -2.04. The van der Waals surface area contributed by atoms with Crippen molar-refractivity contribution < 1.29 is 8.42 Å². The monoisotopic (exact) mass is 311 g/mol. The van der Waals surface area contributed by atoms with Gasteiger partial charge in [0.05, 0.1) is 0 Å². The Bertz CT molecular complexity index is 639. The van der Waals surface area contributed by atoms with E-state index in [1.165, 1.54) is 11.3 Å². The van der Waals surface area contributed by atoms with E-state index >= 15 is 0 Å². The molecule has 7 heteroatoms. The first-order chi connectivity index (χ1) is 9.62. The van der Waals surface area contributed by atoms with E-state index in [0.717, 1.165) is 17.0 Å². The van der Waals surface area contributed by atoms with Crippen molar-refractivity contribution in [3.8, 4) is 0 Å². The summed E-state index contributed by atoms with van der Waals surface area (Å²) in [5, 5.41) is 3.17. The number of pyridine rings is 1. The van der Waals surface area contributed by atoms with Crippen molar-refractivity contribution in [2.75, 3.05) is 6.54 Å². The van der Waals surface area contributed by atoms with E-state index in [4.69, 9.17) is 0 Å². The van der Waals surface area contributed by atoms with Gasteiger partial charge in [-0.1, -0.05) is 13.0 Å². The maximum Gasteiger partial charge on any atom is 0.250 e. The van der Waals surface area contributed by atoms with Gasteiger partial charge in [0.2, 0.25) is 10.0 Å². The molecular formula is C13H17N3O2S2. The SMILES string of the molecule is CCNCc1ccc(S(=O)(=O)NCc2cccnc2)s1. The van der Waals surface area contributed by atoms with Crippen LogP contribution in [0.15, 0.2) is 40.9 Å². The second kappa shape index (κ2) is 6.94. The normalized spacial score (nSPS) is 11.7. The number of thiophene rings is 1. The van der Waals surface area contributed by atoms with E-state index in [1.807, 2.05) is 19.1 Å². The van der Waals surface area contributed by atoms with E-state index < -0.39 is 10.0 Å². The van der Waals surface area contributed by atoms with Crippen LogP contribution in [0.4, 0.5) is 0 Å². The molecule has 0 aliphatic rings. The van der Waals surface area contributed by atoms with Gasteiger partial charge < -0.3 is 5.32 Å². The number of hydrogen-bond acceptors (Lipinski definition) is 5. The van der Waals surface area contributed by atoms with Crippen LogP contribution in [0, 0.1) is 0 Å². The maximum atomic E-state index is 12.2. The molecule has 0 saturated heterocycles. The number of aromatic nitrogens is 1. The molecule has 2 heterocycles. The molecule has 0 aliphatic heterocycles. The number of nitrogens with zero attached hydrogens (tertiary/aromatic N) is 1. The summed E-state index contributed by atoms with van der Waals surface area (Å²) in [6, 6.07) is 7.10. The standard InChI is InChI=1S/C13H17N3O2S2/c1-2-14-10-12-5-6-13(19-12)20(17,18)16-9-11-4-3-7-15-8-11/h3-8,14,16H,2,9-10H2,1H3. The van der Waals surface area contributed by atoms with Gasteiger partial charge in [0.1, 0.15) is 4.21 Å². The van der Waals surface area contributed by atoms with Crippen molar-refractivity contribution in [3.05, 3.63) is 47.1 Å². The average molecular weight is 311 g/mol. The minimum Gasteiger partial charge on any atom is -0.312 e. The van der Waals surface area contributed by atoms with Gasteiger partial charge in [-0.05, 0) is 30.3 Å². The number of nitrogens with one attached hydrogen (secondary N) is 2. The van der Waals surface area contributed by atoms with Gasteiger partial charge in [-0.3, -0.25) is 4.98 Å². The van der Waals surface area contributed by atoms with E-state index in [2.05, 4.69) is 15.0 Å². The fourth-order valence-corrected chi connectivity index (χ4v) is 3.99. The zero-order valence-corrected chi connectivity index (χ0v) is 12.8. The van der Waals surface area contributed by atoms with Gasteiger partial charge >= 0.3 is 0 Å². The Morgan fingerprint density at radius 3 is 2.80 bits per heavy atom. The molecule has 0 radical (unpaired) electrons. The molecule has 0 atom stereocenters. The van der Waals surface area contributed by atoms with Gasteiger partial charge in [0, 0.05) is 30.4 Å². The Balaban J connectivity index is 2.01. The van der Waals surface area contributed by atoms with E-state index in [-0.39, 0.29) is 6.54 Å². The topological polar surface area (TPSA) is 71.1 Å². The van der Waals surface area contributed by atoms with Crippen LogP contribution in [0.5, 0.6) is 0 Å². The van der Waals surface area contributed by atoms with Crippen molar-refractivity contribution in [1.29, 1.82) is 0 Å². The summed E-state index contributed by atoms with van der Waals surface area (Å²) < 4.78 is 27.2. The molecule has 0 fully saturated rings. The third-order valence-electron chi connectivity index (χ3n) is 2.64. The molecule has 0 bridgehead atoms. The molecule has 5 nitrogen and oxygen atoms in total. The first-order valence-electron chi connectivity index (χ1n) is 6.30. The lowest BCUT2D eigenvalue weighted by atomic mass is 10.3. The molecule has 108 valence electrons. The molecule has 0 spiro atoms. The number of rotatable bonds is 7. The fourth-order valence-electron chi connectivity index (χ4n) is 1.60. The minimum atomic E-state index is -3.45. The summed E-state index contributed by atoms with van der Waals surface area (Å²) in [7, 11) is -3.45. The lowest BCUT2D eigenvalue weighted by Crippen LogP contribution is -2.22. The smallest absolute Gasteiger partial charge is 0.250 e. The number of sulfonamides is 1. The Morgan fingerprint density at radius 2 is 2.10 bits per heavy atom. The molecule has 0 saturated carbocycles. The first kappa shape index (κ1) is 15.1. The van der Waals surface area contributed by atoms with Crippen LogP contribution in [0.2, 0.25) is 0 Å². The predicted octanol–water partition coefficient (Wildman–Crippen LogP) is 1.73. The Hall–Kier alpha value is -1.28. The minimum absolute atomic E-state index is 0.247. The summed E-state index contributed by atoms with van der Waals surface area (Å²) in [4.78, 5) is 4.96. The average Bonchev–Trinajstić information content (AvgIpc) is 2.94. The molecule has 2 N–H and O–H groups in total. The van der Waals surface area contributed by atoms with Crippen LogP contribution in [0.1, 0.15) is 17.4 Å². The highest BCUT2D eigenvalue weighted by Gasteiger charge is 2.16. The van der Waals surface area contributed by atoms with Crippen LogP contribution < -0.4 is 10.0 Å². The third-order valence-corrected chi connectivity index (χ3v) is 5.62. The molecule has 2 aromatic heterocycles. The van der Waals surface area contributed by atoms with Gasteiger partial charge in [0.25, 0.3) is 0 Å². The van der Waals surface area contributed by atoms with Crippen molar-refractivity contribution in [2.45, 2.75) is 24.2 Å². The zero-order valence-electron chi connectivity index (χ0n) is 11.2. The highest BCUT2D eigenvalue weighted by atomic mass is 32.2. The Labute approximate surface area is 123 Å². The largest absolute Gasteiger partial charge is 0.312 e. The molecule has 2 aromatic rings. The predicted molar refractivity (Wildman–Crippen MR) is 80.0 cm³/mol. The van der Waals surface area contributed by atoms with Crippen molar-refractivity contribution in [1.82, 2.24) is 15.0 Å².